The summed E-state index contributed by atoms with van der Waals surface area (Å²) in [6.45, 7) is 1.93. The van der Waals surface area contributed by atoms with E-state index in [0.717, 1.165) is 0 Å². The third kappa shape index (κ3) is 10.7. The van der Waals surface area contributed by atoms with Crippen molar-refractivity contribution in [1.82, 2.24) is 0 Å². The second-order valence-corrected chi connectivity index (χ2v) is 0.316. The average molecular weight is 211 g/mol. The van der Waals surface area contributed by atoms with Gasteiger partial charge in [-0.05, 0) is 6.92 Å². The maximum Gasteiger partial charge on any atom is 0.0402 e. The quantitative estimate of drug-likeness (QED) is 0.559. The molecule has 4 heavy (non-hydrogen) atoms. The molecule has 0 rings (SSSR count). The third-order valence-corrected chi connectivity index (χ3v) is 0. The number of hydrogen-bond acceptors (Lipinski definition) is 1. The topological polar surface area (TPSA) is 20.2 Å². The van der Waals surface area contributed by atoms with E-state index >= 15 is 0 Å². The minimum atomic E-state index is 0. The van der Waals surface area contributed by atoms with E-state index in [2.05, 4.69) is 0 Å². The Kier molecular flexibility index (Phi) is 19.9. The zero-order valence-electron chi connectivity index (χ0n) is 2.46. The Morgan fingerprint density at radius 3 is 1.75 bits per heavy atom. The van der Waals surface area contributed by atoms with Crippen molar-refractivity contribution in [3.63, 3.8) is 0 Å². The first-order chi connectivity index (χ1) is 1.41. The summed E-state index contributed by atoms with van der Waals surface area (Å²) < 4.78 is 0. The number of hydrogen-bond donors (Lipinski definition) is 1. The van der Waals surface area contributed by atoms with Gasteiger partial charge in [-0.25, -0.2) is 0 Å². The standard InChI is InChI=1S/C2H6O.Ho/c1-2-3;/h3H,2H2,1H3;. The summed E-state index contributed by atoms with van der Waals surface area (Å²) in [5, 5.41) is 7.57. The molecule has 0 spiro atoms. The van der Waals surface area contributed by atoms with Crippen LogP contribution in [0.25, 0.3) is 0 Å². The molecule has 0 aliphatic rings. The molecule has 0 aromatic heterocycles. The van der Waals surface area contributed by atoms with E-state index in [9.17, 15) is 0 Å². The molecule has 0 aromatic rings. The van der Waals surface area contributed by atoms with Gasteiger partial charge in [0.2, 0.25) is 0 Å². The van der Waals surface area contributed by atoms with E-state index in [1.165, 1.54) is 0 Å². The summed E-state index contributed by atoms with van der Waals surface area (Å²) in [5.74, 6) is 0. The van der Waals surface area contributed by atoms with Gasteiger partial charge in [0, 0.05) is 44.3 Å². The van der Waals surface area contributed by atoms with Gasteiger partial charge in [-0.1, -0.05) is 0 Å². The van der Waals surface area contributed by atoms with Crippen LogP contribution in [-0.4, -0.2) is 11.7 Å². The summed E-state index contributed by atoms with van der Waals surface area (Å²) in [7, 11) is 0. The predicted molar refractivity (Wildman–Crippen MR) is 12.8 cm³/mol. The van der Waals surface area contributed by atoms with Crippen LogP contribution < -0.4 is 0 Å². The van der Waals surface area contributed by atoms with Crippen molar-refractivity contribution in [1.29, 1.82) is 0 Å². The van der Waals surface area contributed by atoms with Crippen LogP contribution in [0, 0.1) is 37.7 Å². The predicted octanol–water partition coefficient (Wildman–Crippen LogP) is -0.00140. The minimum absolute atomic E-state index is 0. The summed E-state index contributed by atoms with van der Waals surface area (Å²) in [4.78, 5) is 0. The van der Waals surface area contributed by atoms with Crippen molar-refractivity contribution in [2.45, 2.75) is 6.92 Å². The van der Waals surface area contributed by atoms with Crippen LogP contribution in [-0.2, 0) is 0 Å². The van der Waals surface area contributed by atoms with E-state index in [1.54, 1.807) is 6.92 Å². The van der Waals surface area contributed by atoms with Crippen molar-refractivity contribution >= 4 is 0 Å². The van der Waals surface area contributed by atoms with Gasteiger partial charge in [0.15, 0.2) is 0 Å². The zero-order valence-corrected chi connectivity index (χ0v) is 4.39. The van der Waals surface area contributed by atoms with Gasteiger partial charge >= 0.3 is 0 Å². The molecule has 1 N–H and O–H groups in total. The third-order valence-electron chi connectivity index (χ3n) is 0. The van der Waals surface area contributed by atoms with Crippen LogP contribution in [0.4, 0.5) is 0 Å². The normalized spacial score (nSPS) is 4.50. The van der Waals surface area contributed by atoms with Gasteiger partial charge in [0.1, 0.15) is 0 Å². The van der Waals surface area contributed by atoms with Gasteiger partial charge in [-0.2, -0.15) is 0 Å². The SMILES string of the molecule is CCO.[Ho]. The molecule has 0 saturated carbocycles. The Morgan fingerprint density at radius 2 is 1.75 bits per heavy atom. The summed E-state index contributed by atoms with van der Waals surface area (Å²) >= 11 is 0. The molecule has 0 aromatic carbocycles. The molecular weight excluding hydrogens is 205 g/mol. The number of rotatable bonds is 0. The fourth-order valence-electron chi connectivity index (χ4n) is 0. The molecule has 1 nitrogen and oxygen atoms in total. The van der Waals surface area contributed by atoms with E-state index in [4.69, 9.17) is 5.11 Å². The van der Waals surface area contributed by atoms with Crippen LogP contribution in [0.1, 0.15) is 6.92 Å². The molecule has 1 radical (unpaired) electrons. The fraction of sp³-hybridized carbons (Fsp3) is 1.00. The Morgan fingerprint density at radius 1 is 1.75 bits per heavy atom. The van der Waals surface area contributed by atoms with E-state index in [0.29, 0.717) is 0 Å². The molecule has 0 fully saturated rings. The zero-order chi connectivity index (χ0) is 2.71. The first-order valence-electron chi connectivity index (χ1n) is 1.02. The van der Waals surface area contributed by atoms with Crippen molar-refractivity contribution in [3.8, 4) is 0 Å². The molecule has 0 aliphatic carbocycles. The summed E-state index contributed by atoms with van der Waals surface area (Å²) in [6, 6.07) is 0. The summed E-state index contributed by atoms with van der Waals surface area (Å²) in [5.41, 5.74) is 0. The molecule has 0 aliphatic heterocycles. The van der Waals surface area contributed by atoms with Crippen molar-refractivity contribution in [2.24, 2.45) is 0 Å². The molecule has 0 amide bonds. The van der Waals surface area contributed by atoms with E-state index in [-0.39, 0.29) is 44.3 Å². The molecule has 31 valence electrons. The second kappa shape index (κ2) is 8.88. The van der Waals surface area contributed by atoms with Gasteiger partial charge in [0.25, 0.3) is 0 Å². The molecule has 0 atom stereocenters. The molecule has 2 heteroatoms. The van der Waals surface area contributed by atoms with Crippen LogP contribution in [0.2, 0.25) is 0 Å². The van der Waals surface area contributed by atoms with Crippen molar-refractivity contribution < 1.29 is 42.8 Å². The van der Waals surface area contributed by atoms with E-state index in [1.807, 2.05) is 0 Å². The first-order valence-corrected chi connectivity index (χ1v) is 1.02. The Hall–Kier alpha value is 1.22. The maximum absolute atomic E-state index is 7.57. The van der Waals surface area contributed by atoms with Gasteiger partial charge in [-0.15, -0.1) is 0 Å². The van der Waals surface area contributed by atoms with Crippen LogP contribution in [0.15, 0.2) is 0 Å². The molecular formula is C2H6HoO. The number of aliphatic hydroxyl groups is 1. The van der Waals surface area contributed by atoms with Crippen molar-refractivity contribution in [2.75, 3.05) is 6.61 Å². The Balaban J connectivity index is 0. The van der Waals surface area contributed by atoms with Crippen LogP contribution in [0.3, 0.4) is 0 Å². The largest absolute Gasteiger partial charge is 0.397 e. The van der Waals surface area contributed by atoms with Crippen LogP contribution in [0.5, 0.6) is 0 Å². The number of aliphatic hydroxyl groups excluding tert-OH is 1. The molecule has 0 heterocycles. The molecule has 0 saturated heterocycles. The smallest absolute Gasteiger partial charge is 0.0402 e. The molecule has 0 bridgehead atoms. The minimum Gasteiger partial charge on any atom is -0.397 e. The first kappa shape index (κ1) is 8.97. The average Bonchev–Trinajstić information content (AvgIpc) is 0.918. The van der Waals surface area contributed by atoms with Gasteiger partial charge < -0.3 is 5.11 Å². The monoisotopic (exact) mass is 211 g/mol. The van der Waals surface area contributed by atoms with Gasteiger partial charge in [-0.3, -0.25) is 0 Å². The molecule has 0 unspecified atom stereocenters. The van der Waals surface area contributed by atoms with Crippen LogP contribution >= 0.6 is 0 Å². The van der Waals surface area contributed by atoms with Gasteiger partial charge in [0.05, 0.1) is 0 Å². The van der Waals surface area contributed by atoms with Crippen molar-refractivity contribution in [3.05, 3.63) is 0 Å². The Bertz CT molecular complexity index is 6.00. The Labute approximate surface area is 56.0 Å². The fourth-order valence-corrected chi connectivity index (χ4v) is 0. The maximum atomic E-state index is 7.57. The summed E-state index contributed by atoms with van der Waals surface area (Å²) in [6.07, 6.45) is 0. The second-order valence-electron chi connectivity index (χ2n) is 0.316. The van der Waals surface area contributed by atoms with E-state index < -0.39 is 0 Å².